The van der Waals surface area contributed by atoms with E-state index in [4.69, 9.17) is 4.74 Å². The topological polar surface area (TPSA) is 87.7 Å². The van der Waals surface area contributed by atoms with E-state index in [1.807, 2.05) is 92.7 Å². The minimum Gasteiger partial charge on any atom is -0.444 e. The van der Waals surface area contributed by atoms with Crippen molar-refractivity contribution in [3.05, 3.63) is 101 Å². The van der Waals surface area contributed by atoms with Crippen molar-refractivity contribution in [3.63, 3.8) is 0 Å². The molecule has 3 rings (SSSR count). The number of nitrogens with one attached hydrogen (secondary N) is 2. The average Bonchev–Trinajstić information content (AvgIpc) is 2.95. The van der Waals surface area contributed by atoms with Crippen LogP contribution in [0.3, 0.4) is 0 Å². The summed E-state index contributed by atoms with van der Waals surface area (Å²) in [6.07, 6.45) is 1.95. The van der Waals surface area contributed by atoms with E-state index >= 15 is 0 Å². The van der Waals surface area contributed by atoms with E-state index in [1.54, 1.807) is 25.7 Å². The highest BCUT2D eigenvalue weighted by atomic mass is 16.6. The van der Waals surface area contributed by atoms with Crippen molar-refractivity contribution in [1.29, 1.82) is 0 Å². The molecule has 0 bridgehead atoms. The third-order valence-electron chi connectivity index (χ3n) is 6.97. The van der Waals surface area contributed by atoms with Gasteiger partial charge in [-0.15, -0.1) is 0 Å². The van der Waals surface area contributed by atoms with Crippen LogP contribution in [-0.4, -0.2) is 41.0 Å². The highest BCUT2D eigenvalue weighted by Gasteiger charge is 2.36. The molecule has 224 valence electrons. The van der Waals surface area contributed by atoms with Gasteiger partial charge in [-0.3, -0.25) is 9.59 Å². The summed E-state index contributed by atoms with van der Waals surface area (Å²) in [5, 5.41) is 5.88. The number of para-hydroxylation sites is 1. The summed E-state index contributed by atoms with van der Waals surface area (Å²) in [6, 6.07) is 23.1. The fraction of sp³-hybridized carbons (Fsp3) is 0.400. The van der Waals surface area contributed by atoms with Gasteiger partial charge in [0.2, 0.25) is 5.91 Å². The number of rotatable bonds is 12. The number of hydrogen-bond acceptors (Lipinski definition) is 4. The lowest BCUT2D eigenvalue weighted by atomic mass is 9.98. The third-order valence-corrected chi connectivity index (χ3v) is 6.97. The Hall–Kier alpha value is -4.13. The smallest absolute Gasteiger partial charge is 0.408 e. The van der Waals surface area contributed by atoms with Crippen LogP contribution >= 0.6 is 0 Å². The molecule has 7 nitrogen and oxygen atoms in total. The predicted octanol–water partition coefficient (Wildman–Crippen LogP) is 7.00. The highest BCUT2D eigenvalue weighted by Crippen LogP contribution is 2.27. The van der Waals surface area contributed by atoms with E-state index in [9.17, 15) is 14.4 Å². The molecular weight excluding hydrogens is 526 g/mol. The second kappa shape index (κ2) is 15.2. The second-order valence-electron chi connectivity index (χ2n) is 11.6. The van der Waals surface area contributed by atoms with Crippen molar-refractivity contribution in [2.45, 2.75) is 84.9 Å². The van der Waals surface area contributed by atoms with Gasteiger partial charge in [0.05, 0.1) is 0 Å². The number of hydrogen-bond donors (Lipinski definition) is 2. The van der Waals surface area contributed by atoms with E-state index in [0.29, 0.717) is 24.2 Å². The Morgan fingerprint density at radius 3 is 2.10 bits per heavy atom. The number of carbonyl (C=O) groups excluding carboxylic acids is 3. The van der Waals surface area contributed by atoms with Crippen molar-refractivity contribution >= 4 is 23.6 Å². The molecular formula is C35H45N3O4. The van der Waals surface area contributed by atoms with Gasteiger partial charge < -0.3 is 20.3 Å². The fourth-order valence-corrected chi connectivity index (χ4v) is 4.72. The molecule has 0 fully saturated rings. The number of aryl methyl sites for hydroxylation is 2. The molecule has 0 saturated heterocycles. The number of anilines is 1. The molecule has 42 heavy (non-hydrogen) atoms. The lowest BCUT2D eigenvalue weighted by Crippen LogP contribution is -2.53. The molecule has 3 aromatic carbocycles. The van der Waals surface area contributed by atoms with Gasteiger partial charge in [0.15, 0.2) is 0 Å². The zero-order valence-corrected chi connectivity index (χ0v) is 25.8. The van der Waals surface area contributed by atoms with Crippen LogP contribution in [-0.2, 0) is 27.2 Å². The molecule has 3 aromatic rings. The highest BCUT2D eigenvalue weighted by molar-refractivity contribution is 5.99. The lowest BCUT2D eigenvalue weighted by molar-refractivity contribution is -0.140. The van der Waals surface area contributed by atoms with Crippen LogP contribution in [0.1, 0.15) is 75.8 Å². The molecule has 3 amide bonds. The fourth-order valence-electron chi connectivity index (χ4n) is 4.72. The van der Waals surface area contributed by atoms with Crippen molar-refractivity contribution in [2.24, 2.45) is 0 Å². The van der Waals surface area contributed by atoms with E-state index in [1.165, 1.54) is 0 Å². The van der Waals surface area contributed by atoms with Crippen molar-refractivity contribution in [2.75, 3.05) is 11.9 Å². The molecule has 0 saturated carbocycles. The van der Waals surface area contributed by atoms with Gasteiger partial charge in [0.1, 0.15) is 17.7 Å². The zero-order valence-electron chi connectivity index (χ0n) is 25.8. The Labute approximate surface area is 250 Å². The SMILES string of the molecule is CCCCN(C(=O)C(Cc1ccccc1)NC(=O)OC(C)(C)C)C(C(=O)Nc1ccccc1C)c1ccc(CC)cc1. The first-order chi connectivity index (χ1) is 20.0. The first-order valence-corrected chi connectivity index (χ1v) is 14.8. The van der Waals surface area contributed by atoms with Gasteiger partial charge >= 0.3 is 6.09 Å². The average molecular weight is 572 g/mol. The number of nitrogens with zero attached hydrogens (tertiary/aromatic N) is 1. The zero-order chi connectivity index (χ0) is 30.7. The molecule has 2 atom stereocenters. The van der Waals surface area contributed by atoms with Crippen LogP contribution in [0, 0.1) is 6.92 Å². The summed E-state index contributed by atoms with van der Waals surface area (Å²) in [5.74, 6) is -0.656. The van der Waals surface area contributed by atoms with E-state index < -0.39 is 23.8 Å². The Morgan fingerprint density at radius 1 is 0.857 bits per heavy atom. The van der Waals surface area contributed by atoms with Crippen molar-refractivity contribution < 1.29 is 19.1 Å². The van der Waals surface area contributed by atoms with Crippen LogP contribution < -0.4 is 10.6 Å². The number of benzene rings is 3. The van der Waals surface area contributed by atoms with Crippen LogP contribution in [0.2, 0.25) is 0 Å². The van der Waals surface area contributed by atoms with Gasteiger partial charge in [0, 0.05) is 18.7 Å². The van der Waals surface area contributed by atoms with Crippen molar-refractivity contribution in [1.82, 2.24) is 10.2 Å². The number of ether oxygens (including phenoxy) is 1. The summed E-state index contributed by atoms with van der Waals surface area (Å²) < 4.78 is 5.53. The minimum absolute atomic E-state index is 0.252. The van der Waals surface area contributed by atoms with Crippen LogP contribution in [0.5, 0.6) is 0 Å². The Kier molecular flexibility index (Phi) is 11.7. The summed E-state index contributed by atoms with van der Waals surface area (Å²) in [6.45, 7) is 11.7. The molecule has 0 aromatic heterocycles. The summed E-state index contributed by atoms with van der Waals surface area (Å²) in [7, 11) is 0. The second-order valence-corrected chi connectivity index (χ2v) is 11.6. The first-order valence-electron chi connectivity index (χ1n) is 14.8. The molecule has 2 unspecified atom stereocenters. The summed E-state index contributed by atoms with van der Waals surface area (Å²) in [4.78, 5) is 43.1. The maximum atomic E-state index is 14.5. The molecule has 0 radical (unpaired) electrons. The lowest BCUT2D eigenvalue weighted by Gasteiger charge is -2.35. The van der Waals surface area contributed by atoms with E-state index in [2.05, 4.69) is 17.6 Å². The monoisotopic (exact) mass is 571 g/mol. The molecule has 2 N–H and O–H groups in total. The predicted molar refractivity (Wildman–Crippen MR) is 168 cm³/mol. The third kappa shape index (κ3) is 9.47. The Balaban J connectivity index is 2.06. The van der Waals surface area contributed by atoms with Gasteiger partial charge in [-0.05, 0) is 68.9 Å². The molecule has 7 heteroatoms. The van der Waals surface area contributed by atoms with Crippen molar-refractivity contribution in [3.8, 4) is 0 Å². The number of carbonyl (C=O) groups is 3. The normalized spacial score (nSPS) is 12.6. The Morgan fingerprint density at radius 2 is 1.50 bits per heavy atom. The largest absolute Gasteiger partial charge is 0.444 e. The summed E-state index contributed by atoms with van der Waals surface area (Å²) >= 11 is 0. The standard InChI is InChI=1S/C35H45N3O4/c1-7-9-23-38(33(40)30(24-27-16-11-10-12-17-27)37-34(41)42-35(4,5)6)31(28-21-19-26(8-2)20-22-28)32(39)36-29-18-14-13-15-25(29)3/h10-22,30-31H,7-9,23-24H2,1-6H3,(H,36,39)(H,37,41). The molecule has 0 aliphatic heterocycles. The van der Waals surface area contributed by atoms with Crippen LogP contribution in [0.15, 0.2) is 78.9 Å². The maximum absolute atomic E-state index is 14.5. The van der Waals surface area contributed by atoms with E-state index in [0.717, 1.165) is 29.5 Å². The number of alkyl carbamates (subject to hydrolysis) is 1. The molecule has 0 aliphatic carbocycles. The molecule has 0 heterocycles. The van der Waals surface area contributed by atoms with E-state index in [-0.39, 0.29) is 18.2 Å². The van der Waals surface area contributed by atoms with Gasteiger partial charge in [-0.2, -0.15) is 0 Å². The molecule has 0 aliphatic rings. The van der Waals surface area contributed by atoms with Gasteiger partial charge in [0.25, 0.3) is 5.91 Å². The number of unbranched alkanes of at least 4 members (excludes halogenated alkanes) is 1. The number of amides is 3. The Bertz CT molecular complexity index is 1320. The molecule has 0 spiro atoms. The minimum atomic E-state index is -0.942. The van der Waals surface area contributed by atoms with Gasteiger partial charge in [-0.1, -0.05) is 93.1 Å². The van der Waals surface area contributed by atoms with Gasteiger partial charge in [-0.25, -0.2) is 4.79 Å². The van der Waals surface area contributed by atoms with Crippen LogP contribution in [0.25, 0.3) is 0 Å². The van der Waals surface area contributed by atoms with Crippen LogP contribution in [0.4, 0.5) is 10.5 Å². The first kappa shape index (κ1) is 32.4. The maximum Gasteiger partial charge on any atom is 0.408 e. The summed E-state index contributed by atoms with van der Waals surface area (Å²) in [5.41, 5.74) is 3.61. The quantitative estimate of drug-likeness (QED) is 0.245.